The summed E-state index contributed by atoms with van der Waals surface area (Å²) < 4.78 is 0. The molecule has 0 fully saturated rings. The summed E-state index contributed by atoms with van der Waals surface area (Å²) in [4.78, 5) is 7.09. The first-order chi connectivity index (χ1) is 7.86. The molecular formula is C13H17N3. The molecule has 0 radical (unpaired) electrons. The van der Waals surface area contributed by atoms with Crippen LogP contribution in [-0.2, 0) is 6.42 Å². The fourth-order valence-electron chi connectivity index (χ4n) is 1.70. The Morgan fingerprint density at radius 3 is 2.81 bits per heavy atom. The molecule has 0 spiro atoms. The molecular weight excluding hydrogens is 198 g/mol. The second-order valence-corrected chi connectivity index (χ2v) is 3.91. The number of hydrogen-bond acceptors (Lipinski definition) is 2. The van der Waals surface area contributed by atoms with Crippen molar-refractivity contribution in [1.82, 2.24) is 15.3 Å². The van der Waals surface area contributed by atoms with Crippen LogP contribution < -0.4 is 5.32 Å². The molecule has 16 heavy (non-hydrogen) atoms. The smallest absolute Gasteiger partial charge is 0.0921 e. The minimum atomic E-state index is 0.393. The van der Waals surface area contributed by atoms with Crippen LogP contribution in [0.5, 0.6) is 0 Å². The van der Waals surface area contributed by atoms with Crippen LogP contribution in [0.4, 0.5) is 0 Å². The van der Waals surface area contributed by atoms with Gasteiger partial charge in [0, 0.05) is 30.9 Å². The first-order valence-corrected chi connectivity index (χ1v) is 5.62. The third-order valence-electron chi connectivity index (χ3n) is 2.70. The average Bonchev–Trinajstić information content (AvgIpc) is 2.83. The highest BCUT2D eigenvalue weighted by molar-refractivity contribution is 5.18. The lowest BCUT2D eigenvalue weighted by Crippen LogP contribution is -2.21. The number of H-pyrrole nitrogens is 1. The highest BCUT2D eigenvalue weighted by atomic mass is 14.9. The Labute approximate surface area is 95.9 Å². The van der Waals surface area contributed by atoms with Crippen molar-refractivity contribution in [2.45, 2.75) is 19.4 Å². The summed E-state index contributed by atoms with van der Waals surface area (Å²) in [7, 11) is 0. The van der Waals surface area contributed by atoms with E-state index < -0.39 is 0 Å². The van der Waals surface area contributed by atoms with E-state index in [0.717, 1.165) is 13.0 Å². The molecule has 3 nitrogen and oxygen atoms in total. The number of benzene rings is 1. The van der Waals surface area contributed by atoms with Crippen molar-refractivity contribution in [2.24, 2.45) is 0 Å². The summed E-state index contributed by atoms with van der Waals surface area (Å²) in [5.74, 6) is 0. The molecule has 1 heterocycles. The van der Waals surface area contributed by atoms with E-state index in [1.807, 2.05) is 12.3 Å². The van der Waals surface area contributed by atoms with E-state index in [1.54, 1.807) is 6.33 Å². The highest BCUT2D eigenvalue weighted by Crippen LogP contribution is 2.10. The molecule has 0 aliphatic rings. The van der Waals surface area contributed by atoms with Gasteiger partial charge in [0.2, 0.25) is 0 Å². The van der Waals surface area contributed by atoms with Gasteiger partial charge in [-0.25, -0.2) is 4.98 Å². The molecule has 2 rings (SSSR count). The molecule has 1 aromatic heterocycles. The summed E-state index contributed by atoms with van der Waals surface area (Å²) in [6.45, 7) is 3.14. The van der Waals surface area contributed by atoms with Crippen molar-refractivity contribution >= 4 is 0 Å². The molecule has 2 N–H and O–H groups in total. The Morgan fingerprint density at radius 1 is 1.31 bits per heavy atom. The van der Waals surface area contributed by atoms with Gasteiger partial charge in [0.1, 0.15) is 0 Å². The van der Waals surface area contributed by atoms with Gasteiger partial charge >= 0.3 is 0 Å². The van der Waals surface area contributed by atoms with Gasteiger partial charge in [0.25, 0.3) is 0 Å². The fourth-order valence-corrected chi connectivity index (χ4v) is 1.70. The van der Waals surface area contributed by atoms with Crippen LogP contribution in [0.3, 0.4) is 0 Å². The summed E-state index contributed by atoms with van der Waals surface area (Å²) in [5.41, 5.74) is 2.50. The molecule has 0 saturated heterocycles. The maximum atomic E-state index is 3.99. The Hall–Kier alpha value is -1.61. The van der Waals surface area contributed by atoms with Crippen LogP contribution in [0.1, 0.15) is 24.2 Å². The summed E-state index contributed by atoms with van der Waals surface area (Å²) >= 11 is 0. The molecule has 0 saturated carbocycles. The van der Waals surface area contributed by atoms with Gasteiger partial charge in [0.05, 0.1) is 6.33 Å². The fraction of sp³-hybridized carbons (Fsp3) is 0.308. The van der Waals surface area contributed by atoms with Gasteiger partial charge < -0.3 is 10.3 Å². The van der Waals surface area contributed by atoms with E-state index >= 15 is 0 Å². The molecule has 0 aliphatic heterocycles. The molecule has 2 aromatic rings. The molecule has 0 aliphatic carbocycles. The second kappa shape index (κ2) is 5.47. The Kier molecular flexibility index (Phi) is 3.72. The minimum absolute atomic E-state index is 0.393. The van der Waals surface area contributed by atoms with Gasteiger partial charge in [0.15, 0.2) is 0 Å². The SMILES string of the molecule is C[C@@H](NCCc1cnc[nH]1)c1ccccc1. The third-order valence-corrected chi connectivity index (χ3v) is 2.70. The second-order valence-electron chi connectivity index (χ2n) is 3.91. The predicted molar refractivity (Wildman–Crippen MR) is 65.2 cm³/mol. The lowest BCUT2D eigenvalue weighted by atomic mass is 10.1. The molecule has 1 atom stereocenters. The van der Waals surface area contributed by atoms with Gasteiger partial charge in [-0.3, -0.25) is 0 Å². The lowest BCUT2D eigenvalue weighted by Gasteiger charge is -2.13. The average molecular weight is 215 g/mol. The molecule has 1 aromatic carbocycles. The molecule has 0 unspecified atom stereocenters. The Morgan fingerprint density at radius 2 is 2.12 bits per heavy atom. The van der Waals surface area contributed by atoms with Crippen molar-refractivity contribution < 1.29 is 0 Å². The van der Waals surface area contributed by atoms with E-state index in [2.05, 4.69) is 46.5 Å². The van der Waals surface area contributed by atoms with E-state index in [1.165, 1.54) is 11.3 Å². The number of rotatable bonds is 5. The normalized spacial score (nSPS) is 12.6. The standard InChI is InChI=1S/C13H17N3/c1-11(12-5-3-2-4-6-12)15-8-7-13-9-14-10-16-13/h2-6,9-11,15H,7-8H2,1H3,(H,14,16)/t11-/m1/s1. The number of nitrogens with one attached hydrogen (secondary N) is 2. The number of hydrogen-bond donors (Lipinski definition) is 2. The molecule has 84 valence electrons. The highest BCUT2D eigenvalue weighted by Gasteiger charge is 2.03. The van der Waals surface area contributed by atoms with Gasteiger partial charge in [-0.2, -0.15) is 0 Å². The zero-order valence-electron chi connectivity index (χ0n) is 9.48. The van der Waals surface area contributed by atoms with E-state index in [9.17, 15) is 0 Å². The van der Waals surface area contributed by atoms with Crippen LogP contribution in [0, 0.1) is 0 Å². The van der Waals surface area contributed by atoms with Gasteiger partial charge in [-0.1, -0.05) is 30.3 Å². The number of nitrogens with zero attached hydrogens (tertiary/aromatic N) is 1. The van der Waals surface area contributed by atoms with Crippen molar-refractivity contribution in [3.63, 3.8) is 0 Å². The van der Waals surface area contributed by atoms with Crippen LogP contribution in [0.25, 0.3) is 0 Å². The van der Waals surface area contributed by atoms with Gasteiger partial charge in [-0.05, 0) is 12.5 Å². The zero-order valence-corrected chi connectivity index (χ0v) is 9.48. The van der Waals surface area contributed by atoms with E-state index in [0.29, 0.717) is 6.04 Å². The van der Waals surface area contributed by atoms with Crippen molar-refractivity contribution in [3.8, 4) is 0 Å². The van der Waals surface area contributed by atoms with Crippen LogP contribution in [0.15, 0.2) is 42.9 Å². The van der Waals surface area contributed by atoms with Crippen LogP contribution in [-0.4, -0.2) is 16.5 Å². The lowest BCUT2D eigenvalue weighted by molar-refractivity contribution is 0.574. The van der Waals surface area contributed by atoms with Gasteiger partial charge in [-0.15, -0.1) is 0 Å². The first kappa shape index (κ1) is 10.9. The van der Waals surface area contributed by atoms with E-state index in [-0.39, 0.29) is 0 Å². The number of aromatic amines is 1. The minimum Gasteiger partial charge on any atom is -0.348 e. The molecule has 0 bridgehead atoms. The third kappa shape index (κ3) is 2.94. The van der Waals surface area contributed by atoms with Crippen molar-refractivity contribution in [2.75, 3.05) is 6.54 Å². The Bertz CT molecular complexity index is 394. The topological polar surface area (TPSA) is 40.7 Å². The van der Waals surface area contributed by atoms with Crippen LogP contribution >= 0.6 is 0 Å². The molecule has 0 amide bonds. The van der Waals surface area contributed by atoms with Crippen molar-refractivity contribution in [1.29, 1.82) is 0 Å². The molecule has 3 heteroatoms. The summed E-state index contributed by atoms with van der Waals surface area (Å²) in [5, 5.41) is 3.49. The monoisotopic (exact) mass is 215 g/mol. The number of aromatic nitrogens is 2. The largest absolute Gasteiger partial charge is 0.348 e. The maximum absolute atomic E-state index is 3.99. The van der Waals surface area contributed by atoms with Crippen molar-refractivity contribution in [3.05, 3.63) is 54.1 Å². The predicted octanol–water partition coefficient (Wildman–Crippen LogP) is 2.30. The Balaban J connectivity index is 1.78. The zero-order chi connectivity index (χ0) is 11.2. The summed E-state index contributed by atoms with van der Waals surface area (Å²) in [6, 6.07) is 10.9. The van der Waals surface area contributed by atoms with E-state index in [4.69, 9.17) is 0 Å². The number of imidazole rings is 1. The maximum Gasteiger partial charge on any atom is 0.0921 e. The van der Waals surface area contributed by atoms with Crippen LogP contribution in [0.2, 0.25) is 0 Å². The first-order valence-electron chi connectivity index (χ1n) is 5.62. The quantitative estimate of drug-likeness (QED) is 0.803. The summed E-state index contributed by atoms with van der Waals surface area (Å²) in [6.07, 6.45) is 4.57.